The van der Waals surface area contributed by atoms with Gasteiger partial charge in [-0.1, -0.05) is 35.3 Å². The first-order chi connectivity index (χ1) is 18.2. The van der Waals surface area contributed by atoms with E-state index in [1.807, 2.05) is 0 Å². The number of aromatic nitrogens is 6. The zero-order valence-corrected chi connectivity index (χ0v) is 21.4. The molecule has 2 aromatic carbocycles. The van der Waals surface area contributed by atoms with E-state index in [0.29, 0.717) is 9.59 Å². The lowest BCUT2D eigenvalue weighted by atomic mass is 10.1. The molecule has 0 amide bonds. The summed E-state index contributed by atoms with van der Waals surface area (Å²) in [6.45, 7) is -0.718. The predicted octanol–water partition coefficient (Wildman–Crippen LogP) is 2.86. The Kier molecular flexibility index (Phi) is 7.58. The molecule has 16 heteroatoms. The van der Waals surface area contributed by atoms with E-state index in [-0.39, 0.29) is 27.9 Å². The summed E-state index contributed by atoms with van der Waals surface area (Å²) >= 11 is 12.1. The Morgan fingerprint density at radius 3 is 2.31 bits per heavy atom. The molecule has 0 aliphatic heterocycles. The van der Waals surface area contributed by atoms with Gasteiger partial charge in [0.1, 0.15) is 6.54 Å². The molecule has 0 saturated carbocycles. The average molecular weight is 587 g/mol. The van der Waals surface area contributed by atoms with Crippen LogP contribution in [-0.4, -0.2) is 62.7 Å². The smallest absolute Gasteiger partial charge is 0.416 e. The summed E-state index contributed by atoms with van der Waals surface area (Å²) in [5, 5.41) is 38.6. The quantitative estimate of drug-likeness (QED) is 0.285. The maximum absolute atomic E-state index is 13.1. The van der Waals surface area contributed by atoms with Gasteiger partial charge in [-0.05, 0) is 43.3 Å². The fraction of sp³-hybridized carbons (Fsp3) is 0.261. The Balaban J connectivity index is 1.83. The first-order valence-corrected chi connectivity index (χ1v) is 11.8. The molecule has 206 valence electrons. The van der Waals surface area contributed by atoms with Gasteiger partial charge in [-0.15, -0.1) is 10.2 Å². The third-order valence-electron chi connectivity index (χ3n) is 5.63. The van der Waals surface area contributed by atoms with E-state index in [0.717, 1.165) is 16.3 Å². The molecule has 4 aromatic rings. The van der Waals surface area contributed by atoms with E-state index < -0.39 is 48.5 Å². The minimum absolute atomic E-state index is 0.143. The monoisotopic (exact) mass is 586 g/mol. The van der Waals surface area contributed by atoms with Crippen molar-refractivity contribution in [3.63, 3.8) is 0 Å². The van der Waals surface area contributed by atoms with Gasteiger partial charge in [0.2, 0.25) is 5.60 Å². The van der Waals surface area contributed by atoms with Gasteiger partial charge in [0, 0.05) is 10.6 Å². The number of nitrogens with zero attached hydrogens (tertiary/aromatic N) is 6. The van der Waals surface area contributed by atoms with Crippen LogP contribution in [0.2, 0.25) is 10.0 Å². The number of hydrogen-bond donors (Lipinski definition) is 3. The molecule has 2 heterocycles. The van der Waals surface area contributed by atoms with Crippen LogP contribution in [0.1, 0.15) is 18.6 Å². The minimum Gasteiger partial charge on any atom is -0.479 e. The van der Waals surface area contributed by atoms with Crippen molar-refractivity contribution in [1.29, 1.82) is 0 Å². The van der Waals surface area contributed by atoms with Crippen molar-refractivity contribution in [3.8, 4) is 17.1 Å². The number of rotatable bonds is 8. The molecule has 2 aromatic heterocycles. The number of carbonyl (C=O) groups is 1. The number of benzene rings is 2. The van der Waals surface area contributed by atoms with Crippen LogP contribution < -0.4 is 5.69 Å². The van der Waals surface area contributed by atoms with Crippen molar-refractivity contribution in [2.45, 2.75) is 37.9 Å². The molecule has 0 saturated heterocycles. The highest BCUT2D eigenvalue weighted by Crippen LogP contribution is 2.27. The fourth-order valence-corrected chi connectivity index (χ4v) is 3.90. The SMILES string of the molecule is CC(O)(C(=O)O)c1nc(Cn2nc(-c3ccc(Cl)cc3)n(CC(O)C(F)(F)F)c2=O)nn1-c1ccccc1Cl. The van der Waals surface area contributed by atoms with Gasteiger partial charge in [-0.2, -0.15) is 13.2 Å². The number of aliphatic carboxylic acids is 1. The molecule has 39 heavy (non-hydrogen) atoms. The van der Waals surface area contributed by atoms with Crippen LogP contribution in [0.3, 0.4) is 0 Å². The Hall–Kier alpha value is -3.72. The lowest BCUT2D eigenvalue weighted by Gasteiger charge is -2.18. The molecular weight excluding hydrogens is 568 g/mol. The molecule has 0 radical (unpaired) electrons. The number of carboxylic acids is 1. The number of hydrogen-bond acceptors (Lipinski definition) is 7. The average Bonchev–Trinajstić information content (AvgIpc) is 3.41. The van der Waals surface area contributed by atoms with Crippen LogP contribution in [0.15, 0.2) is 53.3 Å². The molecule has 11 nitrogen and oxygen atoms in total. The molecule has 0 aliphatic carbocycles. The first-order valence-electron chi connectivity index (χ1n) is 11.1. The summed E-state index contributed by atoms with van der Waals surface area (Å²) in [4.78, 5) is 29.0. The third-order valence-corrected chi connectivity index (χ3v) is 6.20. The van der Waals surface area contributed by atoms with Crippen LogP contribution >= 0.6 is 23.2 Å². The van der Waals surface area contributed by atoms with E-state index in [1.54, 1.807) is 12.1 Å². The van der Waals surface area contributed by atoms with E-state index in [4.69, 9.17) is 23.2 Å². The second-order valence-corrected chi connectivity index (χ2v) is 9.37. The lowest BCUT2D eigenvalue weighted by Crippen LogP contribution is -2.37. The van der Waals surface area contributed by atoms with Gasteiger partial charge in [0.25, 0.3) is 0 Å². The van der Waals surface area contributed by atoms with Crippen LogP contribution in [0.25, 0.3) is 17.1 Å². The summed E-state index contributed by atoms with van der Waals surface area (Å²) in [5.41, 5.74) is -3.18. The Morgan fingerprint density at radius 2 is 1.72 bits per heavy atom. The molecule has 0 fully saturated rings. The summed E-state index contributed by atoms with van der Waals surface area (Å²) in [7, 11) is 0. The van der Waals surface area contributed by atoms with Crippen molar-refractivity contribution in [2.24, 2.45) is 0 Å². The van der Waals surface area contributed by atoms with Gasteiger partial charge in [0.15, 0.2) is 23.6 Å². The fourth-order valence-electron chi connectivity index (χ4n) is 3.56. The third kappa shape index (κ3) is 5.68. The Labute approximate surface area is 227 Å². The topological polar surface area (TPSA) is 148 Å². The van der Waals surface area contributed by atoms with E-state index in [9.17, 15) is 38.1 Å². The van der Waals surface area contributed by atoms with Crippen molar-refractivity contribution in [1.82, 2.24) is 29.1 Å². The summed E-state index contributed by atoms with van der Waals surface area (Å²) in [6, 6.07) is 11.9. The van der Waals surface area contributed by atoms with E-state index in [1.165, 1.54) is 36.4 Å². The van der Waals surface area contributed by atoms with E-state index in [2.05, 4.69) is 15.2 Å². The summed E-state index contributed by atoms with van der Waals surface area (Å²) < 4.78 is 41.7. The zero-order valence-electron chi connectivity index (χ0n) is 19.8. The standard InChI is InChI=1S/C23H19Cl2F3N6O5/c1-22(39,20(36)37)19-29-17(30-34(19)15-5-3-2-4-14(15)25)11-33-21(38)32(10-16(35)23(26,27)28)18(31-33)12-6-8-13(24)9-7-12/h2-9,16,35,39H,10-11H2,1H3,(H,36,37). The zero-order chi connectivity index (χ0) is 28.7. The van der Waals surface area contributed by atoms with Crippen molar-refractivity contribution >= 4 is 29.2 Å². The molecule has 2 unspecified atom stereocenters. The molecule has 4 rings (SSSR count). The van der Waals surface area contributed by atoms with Gasteiger partial charge >= 0.3 is 17.8 Å². The molecule has 0 bridgehead atoms. The minimum atomic E-state index is -5.01. The highest BCUT2D eigenvalue weighted by molar-refractivity contribution is 6.32. The largest absolute Gasteiger partial charge is 0.479 e. The van der Waals surface area contributed by atoms with Gasteiger partial charge in [0.05, 0.1) is 17.3 Å². The normalized spacial score (nSPS) is 14.3. The van der Waals surface area contributed by atoms with Crippen LogP contribution in [-0.2, 0) is 23.5 Å². The molecular formula is C23H19Cl2F3N6O5. The van der Waals surface area contributed by atoms with Crippen molar-refractivity contribution < 1.29 is 33.3 Å². The Morgan fingerprint density at radius 1 is 1.08 bits per heavy atom. The number of aliphatic hydroxyl groups is 2. The highest BCUT2D eigenvalue weighted by atomic mass is 35.5. The first kappa shape index (κ1) is 28.3. The summed E-state index contributed by atoms with van der Waals surface area (Å²) in [5.74, 6) is -2.51. The molecule has 0 aliphatic rings. The van der Waals surface area contributed by atoms with Crippen LogP contribution in [0.5, 0.6) is 0 Å². The number of aliphatic hydroxyl groups excluding tert-OH is 1. The number of alkyl halides is 3. The van der Waals surface area contributed by atoms with Gasteiger partial charge in [-0.25, -0.2) is 23.9 Å². The van der Waals surface area contributed by atoms with Gasteiger partial charge in [-0.3, -0.25) is 4.57 Å². The van der Waals surface area contributed by atoms with Gasteiger partial charge < -0.3 is 15.3 Å². The molecule has 2 atom stereocenters. The predicted molar refractivity (Wildman–Crippen MR) is 132 cm³/mol. The lowest BCUT2D eigenvalue weighted by molar-refractivity contribution is -0.207. The van der Waals surface area contributed by atoms with Crippen molar-refractivity contribution in [2.75, 3.05) is 0 Å². The van der Waals surface area contributed by atoms with Crippen LogP contribution in [0.4, 0.5) is 13.2 Å². The maximum atomic E-state index is 13.1. The molecule has 0 spiro atoms. The molecule has 3 N–H and O–H groups in total. The van der Waals surface area contributed by atoms with E-state index >= 15 is 0 Å². The summed E-state index contributed by atoms with van der Waals surface area (Å²) in [6.07, 6.45) is -7.88. The number of carboxylic acid groups (broad SMARTS) is 1. The van der Waals surface area contributed by atoms with Crippen molar-refractivity contribution in [3.05, 3.63) is 80.7 Å². The highest BCUT2D eigenvalue weighted by Gasteiger charge is 2.40. The Bertz CT molecular complexity index is 1580. The number of halogens is 5. The second-order valence-electron chi connectivity index (χ2n) is 8.53. The second kappa shape index (κ2) is 10.4. The number of para-hydroxylation sites is 1. The maximum Gasteiger partial charge on any atom is 0.416 e. The van der Waals surface area contributed by atoms with Crippen LogP contribution in [0, 0.1) is 0 Å².